The predicted molar refractivity (Wildman–Crippen MR) is 71.9 cm³/mol. The first kappa shape index (κ1) is 15.6. The van der Waals surface area contributed by atoms with Crippen molar-refractivity contribution in [3.05, 3.63) is 64.7 Å². The lowest BCUT2D eigenvalue weighted by atomic mass is 10.0. The molecule has 1 unspecified atom stereocenters. The highest BCUT2D eigenvalue weighted by Crippen LogP contribution is 2.33. The quantitative estimate of drug-likeness (QED) is 0.556. The molecule has 0 saturated carbocycles. The molecule has 0 aromatic heterocycles. The van der Waals surface area contributed by atoms with Crippen molar-refractivity contribution in [1.29, 1.82) is 0 Å². The summed E-state index contributed by atoms with van der Waals surface area (Å²) in [6, 6.07) is 7.60. The van der Waals surface area contributed by atoms with Crippen LogP contribution >= 0.6 is 11.6 Å². The third kappa shape index (κ3) is 3.67. The normalized spacial score (nSPS) is 12.5. The monoisotopic (exact) mass is 318 g/mol. The van der Waals surface area contributed by atoms with Gasteiger partial charge in [0.15, 0.2) is 0 Å². The van der Waals surface area contributed by atoms with Gasteiger partial charge in [-0.1, -0.05) is 12.1 Å². The Bertz CT molecular complexity index is 646. The minimum absolute atomic E-state index is 0.0611. The summed E-state index contributed by atoms with van der Waals surface area (Å²) in [5, 5.41) is -1.01. The van der Waals surface area contributed by atoms with Gasteiger partial charge < -0.3 is 4.74 Å². The maximum absolute atomic E-state index is 13.9. The molecule has 21 heavy (non-hydrogen) atoms. The number of alkyl halides is 3. The van der Waals surface area contributed by atoms with Gasteiger partial charge >= 0.3 is 6.61 Å². The molecule has 0 aliphatic rings. The topological polar surface area (TPSA) is 9.23 Å². The molecule has 0 heterocycles. The number of halogens is 5. The molecular formula is C15H11ClF4O. The first-order chi connectivity index (χ1) is 9.88. The minimum Gasteiger partial charge on any atom is -0.435 e. The Hall–Kier alpha value is -1.75. The van der Waals surface area contributed by atoms with E-state index < -0.39 is 23.6 Å². The van der Waals surface area contributed by atoms with Gasteiger partial charge in [0.2, 0.25) is 0 Å². The third-order valence-electron chi connectivity index (χ3n) is 2.93. The molecular weight excluding hydrogens is 308 g/mol. The Labute approximate surface area is 124 Å². The van der Waals surface area contributed by atoms with Crippen LogP contribution in [0.5, 0.6) is 5.75 Å². The Morgan fingerprint density at radius 3 is 2.43 bits per heavy atom. The van der Waals surface area contributed by atoms with Crippen LogP contribution in [0.4, 0.5) is 17.6 Å². The fraction of sp³-hybridized carbons (Fsp3) is 0.200. The molecule has 0 radical (unpaired) electrons. The van der Waals surface area contributed by atoms with Gasteiger partial charge in [0.1, 0.15) is 17.4 Å². The standard InChI is InChI=1S/C15H11ClF4O/c1-8-5-13(18)11(7-12(8)17)14(16)9-3-2-4-10(6-9)21-15(19)20/h2-7,14-15H,1H3. The lowest BCUT2D eigenvalue weighted by molar-refractivity contribution is -0.0498. The molecule has 2 rings (SSSR count). The Morgan fingerprint density at radius 2 is 1.76 bits per heavy atom. The molecule has 6 heteroatoms. The molecule has 0 bridgehead atoms. The highest BCUT2D eigenvalue weighted by atomic mass is 35.5. The highest BCUT2D eigenvalue weighted by molar-refractivity contribution is 6.22. The number of hydrogen-bond acceptors (Lipinski definition) is 1. The van der Waals surface area contributed by atoms with Gasteiger partial charge in [-0.05, 0) is 42.3 Å². The van der Waals surface area contributed by atoms with Crippen LogP contribution in [-0.4, -0.2) is 6.61 Å². The first-order valence-corrected chi connectivity index (χ1v) is 6.46. The van der Waals surface area contributed by atoms with Crippen LogP contribution in [0.1, 0.15) is 22.1 Å². The molecule has 0 saturated heterocycles. The summed E-state index contributed by atoms with van der Waals surface area (Å²) >= 11 is 6.12. The van der Waals surface area contributed by atoms with Crippen molar-refractivity contribution in [3.8, 4) is 5.75 Å². The van der Waals surface area contributed by atoms with E-state index >= 15 is 0 Å². The maximum atomic E-state index is 13.9. The van der Waals surface area contributed by atoms with E-state index in [1.54, 1.807) is 0 Å². The van der Waals surface area contributed by atoms with E-state index in [2.05, 4.69) is 4.74 Å². The van der Waals surface area contributed by atoms with Crippen molar-refractivity contribution in [2.24, 2.45) is 0 Å². The summed E-state index contributed by atoms with van der Waals surface area (Å²) in [5.41, 5.74) is 0.431. The van der Waals surface area contributed by atoms with Crippen LogP contribution in [0.3, 0.4) is 0 Å². The van der Waals surface area contributed by atoms with Crippen molar-refractivity contribution in [2.75, 3.05) is 0 Å². The summed E-state index contributed by atoms with van der Waals surface area (Å²) in [4.78, 5) is 0. The molecule has 0 N–H and O–H groups in total. The van der Waals surface area contributed by atoms with Crippen LogP contribution in [0.25, 0.3) is 0 Å². The van der Waals surface area contributed by atoms with E-state index in [0.717, 1.165) is 12.1 Å². The van der Waals surface area contributed by atoms with E-state index in [0.29, 0.717) is 5.56 Å². The molecule has 1 atom stereocenters. The molecule has 0 amide bonds. The van der Waals surface area contributed by atoms with Crippen molar-refractivity contribution in [2.45, 2.75) is 18.9 Å². The average Bonchev–Trinajstić information content (AvgIpc) is 2.41. The first-order valence-electron chi connectivity index (χ1n) is 6.03. The highest BCUT2D eigenvalue weighted by Gasteiger charge is 2.18. The smallest absolute Gasteiger partial charge is 0.387 e. The van der Waals surface area contributed by atoms with Gasteiger partial charge in [0.25, 0.3) is 0 Å². The summed E-state index contributed by atoms with van der Waals surface area (Å²) in [7, 11) is 0. The second-order valence-electron chi connectivity index (χ2n) is 4.44. The van der Waals surface area contributed by atoms with Crippen LogP contribution in [-0.2, 0) is 0 Å². The second kappa shape index (κ2) is 6.35. The molecule has 0 aliphatic carbocycles. The van der Waals surface area contributed by atoms with Gasteiger partial charge in [0.05, 0.1) is 5.38 Å². The summed E-state index contributed by atoms with van der Waals surface area (Å²) < 4.78 is 56.0. The SMILES string of the molecule is Cc1cc(F)c(C(Cl)c2cccc(OC(F)F)c2)cc1F. The number of hydrogen-bond donors (Lipinski definition) is 0. The van der Waals surface area contributed by atoms with Crippen molar-refractivity contribution < 1.29 is 22.3 Å². The largest absolute Gasteiger partial charge is 0.435 e. The van der Waals surface area contributed by atoms with Crippen molar-refractivity contribution in [1.82, 2.24) is 0 Å². The van der Waals surface area contributed by atoms with Gasteiger partial charge in [0, 0.05) is 5.56 Å². The maximum Gasteiger partial charge on any atom is 0.387 e. The van der Waals surface area contributed by atoms with Crippen LogP contribution in [0.15, 0.2) is 36.4 Å². The van der Waals surface area contributed by atoms with Crippen molar-refractivity contribution in [3.63, 3.8) is 0 Å². The van der Waals surface area contributed by atoms with E-state index in [9.17, 15) is 17.6 Å². The molecule has 0 spiro atoms. The van der Waals surface area contributed by atoms with E-state index in [1.165, 1.54) is 31.2 Å². The number of aryl methyl sites for hydroxylation is 1. The van der Waals surface area contributed by atoms with Crippen LogP contribution in [0.2, 0.25) is 0 Å². The summed E-state index contributed by atoms with van der Waals surface area (Å²) in [6.07, 6.45) is 0. The fourth-order valence-corrected chi connectivity index (χ4v) is 2.19. The van der Waals surface area contributed by atoms with Gasteiger partial charge in [-0.15, -0.1) is 11.6 Å². The zero-order chi connectivity index (χ0) is 15.6. The number of ether oxygens (including phenoxy) is 1. The van der Waals surface area contributed by atoms with Crippen molar-refractivity contribution >= 4 is 11.6 Å². The van der Waals surface area contributed by atoms with Gasteiger partial charge in [-0.2, -0.15) is 8.78 Å². The van der Waals surface area contributed by atoms with E-state index in [-0.39, 0.29) is 16.9 Å². The third-order valence-corrected chi connectivity index (χ3v) is 3.41. The van der Waals surface area contributed by atoms with Gasteiger partial charge in [-0.25, -0.2) is 8.78 Å². The number of benzene rings is 2. The predicted octanol–water partition coefficient (Wildman–Crippen LogP) is 5.20. The average molecular weight is 319 g/mol. The minimum atomic E-state index is -2.97. The zero-order valence-corrected chi connectivity index (χ0v) is 11.7. The summed E-state index contributed by atoms with van der Waals surface area (Å²) in [5.74, 6) is -1.34. The fourth-order valence-electron chi connectivity index (χ4n) is 1.88. The lowest BCUT2D eigenvalue weighted by Gasteiger charge is -2.14. The zero-order valence-electron chi connectivity index (χ0n) is 10.9. The Kier molecular flexibility index (Phi) is 4.73. The van der Waals surface area contributed by atoms with E-state index in [1.807, 2.05) is 0 Å². The van der Waals surface area contributed by atoms with Gasteiger partial charge in [-0.3, -0.25) is 0 Å². The second-order valence-corrected chi connectivity index (χ2v) is 4.87. The Balaban J connectivity index is 2.36. The molecule has 112 valence electrons. The van der Waals surface area contributed by atoms with E-state index in [4.69, 9.17) is 11.6 Å². The Morgan fingerprint density at radius 1 is 1.05 bits per heavy atom. The van der Waals surface area contributed by atoms with Crippen LogP contribution < -0.4 is 4.74 Å². The molecule has 0 aliphatic heterocycles. The molecule has 2 aromatic rings. The van der Waals surface area contributed by atoms with Crippen LogP contribution in [0, 0.1) is 18.6 Å². The molecule has 2 aromatic carbocycles. The molecule has 1 nitrogen and oxygen atoms in total. The molecule has 0 fully saturated rings. The number of rotatable bonds is 4. The lowest BCUT2D eigenvalue weighted by Crippen LogP contribution is -2.03. The summed E-state index contributed by atoms with van der Waals surface area (Å²) in [6.45, 7) is -1.54.